The Bertz CT molecular complexity index is 1290. The van der Waals surface area contributed by atoms with Crippen molar-refractivity contribution in [3.8, 4) is 11.3 Å². The van der Waals surface area contributed by atoms with Crippen molar-refractivity contribution in [1.29, 1.82) is 0 Å². The molecule has 0 saturated carbocycles. The Balaban J connectivity index is 1.34. The minimum absolute atomic E-state index is 0.0949. The number of nitrogens with zero attached hydrogens (tertiary/aromatic N) is 3. The van der Waals surface area contributed by atoms with E-state index in [1.807, 2.05) is 28.7 Å². The smallest absolute Gasteiger partial charge is 0.251 e. The molecule has 0 atom stereocenters. The molecule has 174 valence electrons. The number of carbonyl (C=O) groups is 1. The molecule has 5 rings (SSSR count). The second-order valence-electron chi connectivity index (χ2n) is 8.84. The van der Waals surface area contributed by atoms with E-state index in [1.54, 1.807) is 6.20 Å². The number of hydrogen-bond acceptors (Lipinski definition) is 5. The van der Waals surface area contributed by atoms with Gasteiger partial charge in [0.1, 0.15) is 0 Å². The van der Waals surface area contributed by atoms with Gasteiger partial charge in [0.15, 0.2) is 11.5 Å². The van der Waals surface area contributed by atoms with Gasteiger partial charge in [-0.15, -0.1) is 0 Å². The third-order valence-electron chi connectivity index (χ3n) is 6.62. The lowest BCUT2D eigenvalue weighted by Gasteiger charge is -2.20. The summed E-state index contributed by atoms with van der Waals surface area (Å²) in [6, 6.07) is 15.9. The molecule has 0 radical (unpaired) electrons. The highest BCUT2D eigenvalue weighted by Gasteiger charge is 2.20. The van der Waals surface area contributed by atoms with Crippen molar-refractivity contribution in [2.24, 2.45) is 0 Å². The second kappa shape index (κ2) is 9.65. The molecule has 2 aromatic carbocycles. The Morgan fingerprint density at radius 1 is 1.09 bits per heavy atom. The molecule has 0 aliphatic carbocycles. The van der Waals surface area contributed by atoms with Crippen molar-refractivity contribution in [1.82, 2.24) is 25.0 Å². The molecule has 4 aromatic rings. The topological polar surface area (TPSA) is 97.3 Å². The van der Waals surface area contributed by atoms with E-state index in [4.69, 9.17) is 10.7 Å². The lowest BCUT2D eigenvalue weighted by molar-refractivity contribution is 0.0951. The van der Waals surface area contributed by atoms with E-state index in [2.05, 4.69) is 53.0 Å². The number of aryl methyl sites for hydroxylation is 1. The molecule has 0 unspecified atom stereocenters. The highest BCUT2D eigenvalue weighted by atomic mass is 16.1. The summed E-state index contributed by atoms with van der Waals surface area (Å²) >= 11 is 0. The quantitative estimate of drug-likeness (QED) is 0.410. The molecule has 0 bridgehead atoms. The number of nitrogens with two attached hydrogens (primary N) is 1. The van der Waals surface area contributed by atoms with Gasteiger partial charge >= 0.3 is 0 Å². The predicted octanol–water partition coefficient (Wildman–Crippen LogP) is 3.94. The normalized spacial score (nSPS) is 14.4. The first-order chi connectivity index (χ1) is 16.6. The molecule has 7 nitrogen and oxygen atoms in total. The number of fused-ring (bicyclic) bond motifs is 1. The molecule has 1 amide bonds. The summed E-state index contributed by atoms with van der Waals surface area (Å²) in [5, 5.41) is 6.40. The first-order valence-corrected chi connectivity index (χ1v) is 11.9. The van der Waals surface area contributed by atoms with Crippen LogP contribution in [0, 0.1) is 0 Å². The minimum atomic E-state index is -0.0949. The number of benzene rings is 2. The van der Waals surface area contributed by atoms with Crippen LogP contribution in [0.1, 0.15) is 52.9 Å². The van der Waals surface area contributed by atoms with E-state index >= 15 is 0 Å². The molecule has 3 heterocycles. The van der Waals surface area contributed by atoms with E-state index in [-0.39, 0.29) is 5.91 Å². The van der Waals surface area contributed by atoms with Gasteiger partial charge in [0.05, 0.1) is 17.6 Å². The molecule has 1 aliphatic heterocycles. The van der Waals surface area contributed by atoms with Gasteiger partial charge < -0.3 is 16.4 Å². The average molecular weight is 455 g/mol. The largest absolute Gasteiger partial charge is 0.381 e. The maximum Gasteiger partial charge on any atom is 0.251 e. The van der Waals surface area contributed by atoms with Gasteiger partial charge in [-0.3, -0.25) is 9.20 Å². The number of carbonyl (C=O) groups excluding carboxylic acids is 1. The van der Waals surface area contributed by atoms with Gasteiger partial charge in [0.25, 0.3) is 5.91 Å². The number of imidazole rings is 1. The van der Waals surface area contributed by atoms with Crippen LogP contribution in [0.2, 0.25) is 0 Å². The Kier molecular flexibility index (Phi) is 6.27. The van der Waals surface area contributed by atoms with Crippen LogP contribution in [0.4, 0.5) is 5.82 Å². The second-order valence-corrected chi connectivity index (χ2v) is 8.84. The summed E-state index contributed by atoms with van der Waals surface area (Å²) < 4.78 is 2.02. The van der Waals surface area contributed by atoms with E-state index in [1.165, 1.54) is 5.56 Å². The van der Waals surface area contributed by atoms with Crippen LogP contribution in [-0.2, 0) is 13.0 Å². The van der Waals surface area contributed by atoms with Gasteiger partial charge in [-0.1, -0.05) is 43.3 Å². The standard InChI is InChI=1S/C27H30N6O/c1-2-18-3-5-19(6-4-18)15-31-27(34)22-9-7-21(8-10-22)24-16-30-25(28)26-32-23(17-33(24)26)20-11-13-29-14-12-20/h3-10,16-17,20,29H,2,11-15H2,1H3,(H2,28,30)(H,31,34). The van der Waals surface area contributed by atoms with Crippen molar-refractivity contribution >= 4 is 17.4 Å². The van der Waals surface area contributed by atoms with Crippen LogP contribution in [0.3, 0.4) is 0 Å². The molecule has 0 spiro atoms. The first-order valence-electron chi connectivity index (χ1n) is 11.9. The van der Waals surface area contributed by atoms with Crippen molar-refractivity contribution in [2.75, 3.05) is 18.8 Å². The molecule has 1 fully saturated rings. The van der Waals surface area contributed by atoms with E-state index in [0.717, 1.165) is 54.9 Å². The van der Waals surface area contributed by atoms with Gasteiger partial charge in [0, 0.05) is 29.8 Å². The van der Waals surface area contributed by atoms with E-state index in [9.17, 15) is 4.79 Å². The number of piperidine rings is 1. The fourth-order valence-electron chi connectivity index (χ4n) is 4.51. The van der Waals surface area contributed by atoms with Crippen LogP contribution >= 0.6 is 0 Å². The molecule has 34 heavy (non-hydrogen) atoms. The Labute approximate surface area is 199 Å². The third kappa shape index (κ3) is 4.52. The Morgan fingerprint density at radius 3 is 2.50 bits per heavy atom. The highest BCUT2D eigenvalue weighted by Crippen LogP contribution is 2.29. The number of nitrogen functional groups attached to an aromatic ring is 1. The lowest BCUT2D eigenvalue weighted by Crippen LogP contribution is -2.26. The van der Waals surface area contributed by atoms with Crippen molar-refractivity contribution in [3.63, 3.8) is 0 Å². The van der Waals surface area contributed by atoms with Crippen molar-refractivity contribution < 1.29 is 4.79 Å². The molecule has 4 N–H and O–H groups in total. The van der Waals surface area contributed by atoms with E-state index in [0.29, 0.717) is 29.5 Å². The van der Waals surface area contributed by atoms with Crippen LogP contribution < -0.4 is 16.4 Å². The number of nitrogens with one attached hydrogen (secondary N) is 2. The number of amides is 1. The number of anilines is 1. The molecule has 1 aliphatic rings. The Morgan fingerprint density at radius 2 is 1.79 bits per heavy atom. The summed E-state index contributed by atoms with van der Waals surface area (Å²) in [5.74, 6) is 0.757. The molecular weight excluding hydrogens is 424 g/mol. The van der Waals surface area contributed by atoms with Gasteiger partial charge in [-0.25, -0.2) is 9.97 Å². The fraction of sp³-hybridized carbons (Fsp3) is 0.296. The van der Waals surface area contributed by atoms with Crippen LogP contribution in [-0.4, -0.2) is 33.4 Å². The van der Waals surface area contributed by atoms with Crippen LogP contribution in [0.15, 0.2) is 60.9 Å². The van der Waals surface area contributed by atoms with Gasteiger partial charge in [0.2, 0.25) is 0 Å². The summed E-state index contributed by atoms with van der Waals surface area (Å²) in [4.78, 5) is 21.9. The molecule has 7 heteroatoms. The molecule has 2 aromatic heterocycles. The third-order valence-corrected chi connectivity index (χ3v) is 6.62. The zero-order chi connectivity index (χ0) is 23.5. The minimum Gasteiger partial charge on any atom is -0.381 e. The Hall–Kier alpha value is -3.71. The number of aromatic nitrogens is 3. The van der Waals surface area contributed by atoms with Crippen molar-refractivity contribution in [3.05, 3.63) is 83.3 Å². The number of rotatable bonds is 6. The van der Waals surface area contributed by atoms with Gasteiger partial charge in [-0.2, -0.15) is 0 Å². The zero-order valence-corrected chi connectivity index (χ0v) is 19.4. The summed E-state index contributed by atoms with van der Waals surface area (Å²) in [5.41, 5.74) is 12.7. The van der Waals surface area contributed by atoms with E-state index < -0.39 is 0 Å². The summed E-state index contributed by atoms with van der Waals surface area (Å²) in [7, 11) is 0. The predicted molar refractivity (Wildman–Crippen MR) is 135 cm³/mol. The molecular formula is C27H30N6O. The monoisotopic (exact) mass is 454 g/mol. The highest BCUT2D eigenvalue weighted by molar-refractivity contribution is 5.94. The first kappa shape index (κ1) is 22.1. The van der Waals surface area contributed by atoms with Crippen molar-refractivity contribution in [2.45, 2.75) is 38.6 Å². The average Bonchev–Trinajstić information content (AvgIpc) is 3.35. The van der Waals surface area contributed by atoms with Crippen LogP contribution in [0.5, 0.6) is 0 Å². The summed E-state index contributed by atoms with van der Waals surface area (Å²) in [6.45, 7) is 4.65. The lowest BCUT2D eigenvalue weighted by atomic mass is 9.95. The molecule has 1 saturated heterocycles. The maximum absolute atomic E-state index is 12.7. The van der Waals surface area contributed by atoms with Crippen LogP contribution in [0.25, 0.3) is 16.9 Å². The maximum atomic E-state index is 12.7. The summed E-state index contributed by atoms with van der Waals surface area (Å²) in [6.07, 6.45) is 7.00. The SMILES string of the molecule is CCc1ccc(CNC(=O)c2ccc(-c3cnc(N)c4nc(C5CCNCC5)cn34)cc2)cc1. The zero-order valence-electron chi connectivity index (χ0n) is 19.4. The van der Waals surface area contributed by atoms with Gasteiger partial charge in [-0.05, 0) is 55.6 Å². The fourth-order valence-corrected chi connectivity index (χ4v) is 4.51. The number of hydrogen-bond donors (Lipinski definition) is 3.